The quantitative estimate of drug-likeness (QED) is 0.795. The Bertz CT molecular complexity index is 359. The zero-order valence-electron chi connectivity index (χ0n) is 9.37. The van der Waals surface area contributed by atoms with E-state index in [-0.39, 0.29) is 0 Å². The lowest BCUT2D eigenvalue weighted by atomic mass is 10.0. The number of carboxylic acid groups (broad SMARTS) is 1. The van der Waals surface area contributed by atoms with E-state index in [9.17, 15) is 4.79 Å². The summed E-state index contributed by atoms with van der Waals surface area (Å²) in [7, 11) is 0. The van der Waals surface area contributed by atoms with Gasteiger partial charge in [-0.2, -0.15) is 0 Å². The number of benzene rings is 1. The van der Waals surface area contributed by atoms with Crippen LogP contribution < -0.4 is 5.32 Å². The second-order valence-electron chi connectivity index (χ2n) is 4.00. The minimum Gasteiger partial charge on any atom is -0.478 e. The van der Waals surface area contributed by atoms with E-state index in [1.807, 2.05) is 32.9 Å². The molecule has 0 aliphatic carbocycles. The average Bonchev–Trinajstić information content (AvgIpc) is 2.15. The fourth-order valence-corrected chi connectivity index (χ4v) is 1.36. The SMILES string of the molecule is Cc1ccc(CNC(C)C)c(C(=O)O)c1. The van der Waals surface area contributed by atoms with Gasteiger partial charge < -0.3 is 10.4 Å². The van der Waals surface area contributed by atoms with Crippen molar-refractivity contribution in [3.8, 4) is 0 Å². The molecule has 0 atom stereocenters. The van der Waals surface area contributed by atoms with Crippen molar-refractivity contribution >= 4 is 5.97 Å². The van der Waals surface area contributed by atoms with E-state index in [2.05, 4.69) is 5.32 Å². The van der Waals surface area contributed by atoms with E-state index in [0.717, 1.165) is 11.1 Å². The van der Waals surface area contributed by atoms with Gasteiger partial charge in [0, 0.05) is 12.6 Å². The predicted molar refractivity (Wildman–Crippen MR) is 60.1 cm³/mol. The lowest BCUT2D eigenvalue weighted by Crippen LogP contribution is -2.23. The van der Waals surface area contributed by atoms with E-state index in [1.54, 1.807) is 6.07 Å². The predicted octanol–water partition coefficient (Wildman–Crippen LogP) is 2.19. The van der Waals surface area contributed by atoms with E-state index in [4.69, 9.17) is 5.11 Å². The summed E-state index contributed by atoms with van der Waals surface area (Å²) in [6, 6.07) is 5.87. The molecule has 3 nitrogen and oxygen atoms in total. The summed E-state index contributed by atoms with van der Waals surface area (Å²) in [6.07, 6.45) is 0. The molecule has 0 aliphatic rings. The summed E-state index contributed by atoms with van der Waals surface area (Å²) in [5.41, 5.74) is 2.20. The summed E-state index contributed by atoms with van der Waals surface area (Å²) >= 11 is 0. The van der Waals surface area contributed by atoms with Crippen molar-refractivity contribution < 1.29 is 9.90 Å². The molecule has 0 radical (unpaired) electrons. The first-order chi connectivity index (χ1) is 7.00. The van der Waals surface area contributed by atoms with Crippen molar-refractivity contribution in [3.63, 3.8) is 0 Å². The molecule has 1 aromatic carbocycles. The van der Waals surface area contributed by atoms with Crippen LogP contribution in [-0.4, -0.2) is 17.1 Å². The highest BCUT2D eigenvalue weighted by Gasteiger charge is 2.09. The first kappa shape index (κ1) is 11.7. The number of hydrogen-bond donors (Lipinski definition) is 2. The average molecular weight is 207 g/mol. The first-order valence-corrected chi connectivity index (χ1v) is 5.07. The molecule has 0 amide bonds. The van der Waals surface area contributed by atoms with Gasteiger partial charge in [0.25, 0.3) is 0 Å². The summed E-state index contributed by atoms with van der Waals surface area (Å²) in [5.74, 6) is -0.862. The maximum atomic E-state index is 11.0. The van der Waals surface area contributed by atoms with Crippen LogP contribution in [-0.2, 0) is 6.54 Å². The van der Waals surface area contributed by atoms with Crippen molar-refractivity contribution in [1.29, 1.82) is 0 Å². The van der Waals surface area contributed by atoms with E-state index < -0.39 is 5.97 Å². The van der Waals surface area contributed by atoms with Gasteiger partial charge in [0.1, 0.15) is 0 Å². The number of nitrogens with one attached hydrogen (secondary N) is 1. The zero-order valence-corrected chi connectivity index (χ0v) is 9.37. The maximum Gasteiger partial charge on any atom is 0.336 e. The van der Waals surface area contributed by atoms with Gasteiger partial charge in [-0.1, -0.05) is 31.5 Å². The van der Waals surface area contributed by atoms with Crippen LogP contribution in [0.25, 0.3) is 0 Å². The minimum absolute atomic E-state index is 0.355. The molecule has 2 N–H and O–H groups in total. The highest BCUT2D eigenvalue weighted by molar-refractivity contribution is 5.89. The van der Waals surface area contributed by atoms with Crippen LogP contribution >= 0.6 is 0 Å². The molecule has 0 heterocycles. The summed E-state index contributed by atoms with van der Waals surface area (Å²) < 4.78 is 0. The van der Waals surface area contributed by atoms with Crippen molar-refractivity contribution in [2.24, 2.45) is 0 Å². The third-order valence-corrected chi connectivity index (χ3v) is 2.20. The Morgan fingerprint density at radius 1 is 1.47 bits per heavy atom. The topological polar surface area (TPSA) is 49.3 Å². The molecule has 0 aliphatic heterocycles. The van der Waals surface area contributed by atoms with Gasteiger partial charge in [-0.15, -0.1) is 0 Å². The lowest BCUT2D eigenvalue weighted by Gasteiger charge is -2.10. The molecule has 0 aromatic heterocycles. The fraction of sp³-hybridized carbons (Fsp3) is 0.417. The number of rotatable bonds is 4. The van der Waals surface area contributed by atoms with Crippen LogP contribution in [0.2, 0.25) is 0 Å². The third kappa shape index (κ3) is 3.36. The van der Waals surface area contributed by atoms with Crippen LogP contribution in [0.4, 0.5) is 0 Å². The van der Waals surface area contributed by atoms with E-state index in [1.165, 1.54) is 0 Å². The number of carbonyl (C=O) groups is 1. The van der Waals surface area contributed by atoms with Gasteiger partial charge in [-0.05, 0) is 18.6 Å². The summed E-state index contributed by atoms with van der Waals surface area (Å²) in [6.45, 7) is 6.56. The smallest absolute Gasteiger partial charge is 0.336 e. The van der Waals surface area contributed by atoms with Gasteiger partial charge in [-0.3, -0.25) is 0 Å². The van der Waals surface area contributed by atoms with Gasteiger partial charge >= 0.3 is 5.97 Å². The van der Waals surface area contributed by atoms with Crippen LogP contribution in [0.5, 0.6) is 0 Å². The number of hydrogen-bond acceptors (Lipinski definition) is 2. The first-order valence-electron chi connectivity index (χ1n) is 5.07. The van der Waals surface area contributed by atoms with Crippen LogP contribution in [0.3, 0.4) is 0 Å². The van der Waals surface area contributed by atoms with Gasteiger partial charge in [-0.25, -0.2) is 4.79 Å². The Labute approximate surface area is 90.1 Å². The standard InChI is InChI=1S/C12H17NO2/c1-8(2)13-7-10-5-4-9(3)6-11(10)12(14)15/h4-6,8,13H,7H2,1-3H3,(H,14,15). The van der Waals surface area contributed by atoms with Crippen molar-refractivity contribution in [2.75, 3.05) is 0 Å². The zero-order chi connectivity index (χ0) is 11.4. The van der Waals surface area contributed by atoms with E-state index >= 15 is 0 Å². The molecule has 1 aromatic rings. The number of carboxylic acids is 1. The molecule has 0 unspecified atom stereocenters. The Morgan fingerprint density at radius 3 is 2.67 bits per heavy atom. The highest BCUT2D eigenvalue weighted by Crippen LogP contribution is 2.11. The monoisotopic (exact) mass is 207 g/mol. The highest BCUT2D eigenvalue weighted by atomic mass is 16.4. The molecule has 0 saturated heterocycles. The number of aryl methyl sites for hydroxylation is 1. The molecular weight excluding hydrogens is 190 g/mol. The van der Waals surface area contributed by atoms with Crippen molar-refractivity contribution in [2.45, 2.75) is 33.4 Å². The molecule has 0 spiro atoms. The van der Waals surface area contributed by atoms with Crippen molar-refractivity contribution in [1.82, 2.24) is 5.32 Å². The van der Waals surface area contributed by atoms with Crippen molar-refractivity contribution in [3.05, 3.63) is 34.9 Å². The Morgan fingerprint density at radius 2 is 2.13 bits per heavy atom. The Hall–Kier alpha value is -1.35. The van der Waals surface area contributed by atoms with E-state index in [0.29, 0.717) is 18.2 Å². The summed E-state index contributed by atoms with van der Waals surface area (Å²) in [4.78, 5) is 11.0. The number of aromatic carboxylic acids is 1. The molecule has 1 rings (SSSR count). The fourth-order valence-electron chi connectivity index (χ4n) is 1.36. The molecule has 82 valence electrons. The Balaban J connectivity index is 2.91. The third-order valence-electron chi connectivity index (χ3n) is 2.20. The summed E-state index contributed by atoms with van der Waals surface area (Å²) in [5, 5.41) is 12.2. The van der Waals surface area contributed by atoms with Crippen LogP contribution in [0.1, 0.15) is 35.3 Å². The van der Waals surface area contributed by atoms with Gasteiger partial charge in [0.15, 0.2) is 0 Å². The molecule has 0 saturated carbocycles. The molecule has 0 fully saturated rings. The minimum atomic E-state index is -0.862. The largest absolute Gasteiger partial charge is 0.478 e. The Kier molecular flexibility index (Phi) is 3.86. The molecule has 0 bridgehead atoms. The van der Waals surface area contributed by atoms with Gasteiger partial charge in [0.2, 0.25) is 0 Å². The van der Waals surface area contributed by atoms with Crippen LogP contribution in [0, 0.1) is 6.92 Å². The second-order valence-corrected chi connectivity index (χ2v) is 4.00. The van der Waals surface area contributed by atoms with Crippen LogP contribution in [0.15, 0.2) is 18.2 Å². The molecule has 3 heteroatoms. The normalized spacial score (nSPS) is 10.7. The lowest BCUT2D eigenvalue weighted by molar-refractivity contribution is 0.0695. The maximum absolute atomic E-state index is 11.0. The molecule has 15 heavy (non-hydrogen) atoms. The van der Waals surface area contributed by atoms with Gasteiger partial charge in [0.05, 0.1) is 5.56 Å². The molecular formula is C12H17NO2. The second kappa shape index (κ2) is 4.94.